The second-order valence-electron chi connectivity index (χ2n) is 9.05. The molecular formula is C21H28O4. The van der Waals surface area contributed by atoms with E-state index in [0.717, 1.165) is 31.3 Å². The van der Waals surface area contributed by atoms with Crippen molar-refractivity contribution in [1.82, 2.24) is 0 Å². The van der Waals surface area contributed by atoms with E-state index >= 15 is 0 Å². The molecule has 0 bridgehead atoms. The molecule has 0 aromatic heterocycles. The van der Waals surface area contributed by atoms with Gasteiger partial charge in [-0.25, -0.2) is 0 Å². The van der Waals surface area contributed by atoms with Gasteiger partial charge in [0.1, 0.15) is 6.61 Å². The summed E-state index contributed by atoms with van der Waals surface area (Å²) in [5.41, 5.74) is 0.688. The number of hydrogen-bond acceptors (Lipinski definition) is 4. The Kier molecular flexibility index (Phi) is 3.86. The van der Waals surface area contributed by atoms with Gasteiger partial charge in [0.2, 0.25) is 0 Å². The number of Topliss-reactive ketones (excluding diaryl/α,β-unsaturated/α-hetero) is 1. The summed E-state index contributed by atoms with van der Waals surface area (Å²) in [7, 11) is 0. The lowest BCUT2D eigenvalue weighted by atomic mass is 9.46. The molecule has 4 aliphatic carbocycles. The molecule has 4 heteroatoms. The lowest BCUT2D eigenvalue weighted by Crippen LogP contribution is -2.56. The van der Waals surface area contributed by atoms with Crippen molar-refractivity contribution in [3.63, 3.8) is 0 Å². The molecular weight excluding hydrogens is 316 g/mol. The van der Waals surface area contributed by atoms with Crippen LogP contribution in [-0.4, -0.2) is 34.5 Å². The Morgan fingerprint density at radius 3 is 2.76 bits per heavy atom. The topological polar surface area (TPSA) is 74.6 Å². The van der Waals surface area contributed by atoms with Gasteiger partial charge in [-0.2, -0.15) is 0 Å². The van der Waals surface area contributed by atoms with Crippen molar-refractivity contribution < 1.29 is 19.8 Å². The average molecular weight is 344 g/mol. The Hall–Kier alpha value is -1.26. The summed E-state index contributed by atoms with van der Waals surface area (Å²) in [4.78, 5) is 24.1. The molecule has 136 valence electrons. The minimum atomic E-state index is -0.482. The van der Waals surface area contributed by atoms with Gasteiger partial charge in [0.25, 0.3) is 0 Å². The van der Waals surface area contributed by atoms with Gasteiger partial charge in [-0.1, -0.05) is 25.5 Å². The zero-order valence-electron chi connectivity index (χ0n) is 15.1. The average Bonchev–Trinajstić information content (AvgIpc) is 2.91. The van der Waals surface area contributed by atoms with E-state index in [1.165, 1.54) is 0 Å². The molecule has 4 nitrogen and oxygen atoms in total. The van der Waals surface area contributed by atoms with Crippen LogP contribution in [0, 0.1) is 34.5 Å². The first-order valence-electron chi connectivity index (χ1n) is 9.57. The van der Waals surface area contributed by atoms with Crippen molar-refractivity contribution in [1.29, 1.82) is 0 Å². The lowest BCUT2D eigenvalue weighted by molar-refractivity contribution is -0.141. The van der Waals surface area contributed by atoms with Gasteiger partial charge in [-0.3, -0.25) is 9.59 Å². The van der Waals surface area contributed by atoms with Crippen molar-refractivity contribution in [3.05, 3.63) is 23.8 Å². The molecule has 0 aromatic rings. The summed E-state index contributed by atoms with van der Waals surface area (Å²) in [6.45, 7) is 3.92. The fourth-order valence-corrected chi connectivity index (χ4v) is 6.96. The van der Waals surface area contributed by atoms with Gasteiger partial charge in [-0.15, -0.1) is 0 Å². The number of carbonyl (C=O) groups excluding carboxylic acids is 2. The molecule has 4 rings (SSSR count). The second kappa shape index (κ2) is 5.62. The number of carbonyl (C=O) groups is 2. The first-order chi connectivity index (χ1) is 11.8. The second-order valence-corrected chi connectivity index (χ2v) is 9.05. The molecule has 0 saturated heterocycles. The first-order valence-corrected chi connectivity index (χ1v) is 9.57. The number of allylic oxidation sites excluding steroid dienone is 4. The third kappa shape index (κ3) is 2.26. The van der Waals surface area contributed by atoms with Crippen LogP contribution < -0.4 is 0 Å². The van der Waals surface area contributed by atoms with E-state index in [0.29, 0.717) is 18.3 Å². The zero-order valence-corrected chi connectivity index (χ0v) is 15.1. The summed E-state index contributed by atoms with van der Waals surface area (Å²) < 4.78 is 0. The minimum Gasteiger partial charge on any atom is -0.393 e. The molecule has 3 fully saturated rings. The molecule has 7 atom stereocenters. The molecule has 0 radical (unpaired) electrons. The summed E-state index contributed by atoms with van der Waals surface area (Å²) in [6.07, 6.45) is 9.25. The number of aliphatic hydroxyl groups is 2. The number of hydrogen-bond donors (Lipinski definition) is 2. The van der Waals surface area contributed by atoms with Crippen LogP contribution in [0.15, 0.2) is 23.8 Å². The Morgan fingerprint density at radius 1 is 1.28 bits per heavy atom. The molecule has 2 N–H and O–H groups in total. The van der Waals surface area contributed by atoms with Gasteiger partial charge in [0.05, 0.1) is 6.10 Å². The monoisotopic (exact) mass is 344 g/mol. The highest BCUT2D eigenvalue weighted by molar-refractivity contribution is 6.01. The van der Waals surface area contributed by atoms with Crippen molar-refractivity contribution >= 4 is 11.6 Å². The van der Waals surface area contributed by atoms with E-state index in [9.17, 15) is 19.8 Å². The number of aliphatic hydroxyl groups excluding tert-OH is 2. The van der Waals surface area contributed by atoms with Gasteiger partial charge in [0.15, 0.2) is 11.6 Å². The van der Waals surface area contributed by atoms with Gasteiger partial charge in [0, 0.05) is 17.3 Å². The molecule has 0 aromatic carbocycles. The van der Waals surface area contributed by atoms with E-state index in [1.807, 2.05) is 6.08 Å². The van der Waals surface area contributed by atoms with E-state index in [-0.39, 0.29) is 34.2 Å². The molecule has 0 heterocycles. The lowest BCUT2D eigenvalue weighted by Gasteiger charge is -2.58. The molecule has 0 spiro atoms. The van der Waals surface area contributed by atoms with E-state index in [2.05, 4.69) is 13.8 Å². The summed E-state index contributed by atoms with van der Waals surface area (Å²) >= 11 is 0. The zero-order chi connectivity index (χ0) is 18.0. The Morgan fingerprint density at radius 2 is 2.04 bits per heavy atom. The van der Waals surface area contributed by atoms with Crippen molar-refractivity contribution in [2.45, 2.75) is 52.1 Å². The van der Waals surface area contributed by atoms with Gasteiger partial charge in [-0.05, 0) is 61.5 Å². The van der Waals surface area contributed by atoms with E-state index in [1.54, 1.807) is 12.2 Å². The highest BCUT2D eigenvalue weighted by atomic mass is 16.3. The first kappa shape index (κ1) is 17.2. The van der Waals surface area contributed by atoms with Crippen molar-refractivity contribution in [2.24, 2.45) is 34.5 Å². The van der Waals surface area contributed by atoms with Crippen LogP contribution in [0.25, 0.3) is 0 Å². The van der Waals surface area contributed by atoms with Crippen LogP contribution in [-0.2, 0) is 9.59 Å². The predicted octanol–water partition coefficient (Wildman–Crippen LogP) is 2.44. The fourth-order valence-electron chi connectivity index (χ4n) is 6.96. The molecule has 25 heavy (non-hydrogen) atoms. The Bertz CT molecular complexity index is 677. The molecule has 3 saturated carbocycles. The van der Waals surface area contributed by atoms with Gasteiger partial charge >= 0.3 is 0 Å². The van der Waals surface area contributed by atoms with Crippen LogP contribution >= 0.6 is 0 Å². The quantitative estimate of drug-likeness (QED) is 0.807. The summed E-state index contributed by atoms with van der Waals surface area (Å²) in [5.74, 6) is 0.734. The van der Waals surface area contributed by atoms with Crippen LogP contribution in [0.4, 0.5) is 0 Å². The summed E-state index contributed by atoms with van der Waals surface area (Å²) in [6, 6.07) is 0. The van der Waals surface area contributed by atoms with E-state index < -0.39 is 12.7 Å². The van der Waals surface area contributed by atoms with E-state index in [4.69, 9.17) is 0 Å². The van der Waals surface area contributed by atoms with Crippen LogP contribution in [0.1, 0.15) is 46.0 Å². The third-order valence-corrected chi connectivity index (χ3v) is 8.04. The maximum absolute atomic E-state index is 12.3. The maximum atomic E-state index is 12.3. The largest absolute Gasteiger partial charge is 0.393 e. The number of ketones is 2. The van der Waals surface area contributed by atoms with Gasteiger partial charge < -0.3 is 10.2 Å². The van der Waals surface area contributed by atoms with Crippen molar-refractivity contribution in [3.8, 4) is 0 Å². The number of fused-ring (bicyclic) bond motifs is 5. The highest BCUT2D eigenvalue weighted by Crippen LogP contribution is 2.65. The molecule has 4 aliphatic rings. The maximum Gasteiger partial charge on any atom is 0.178 e. The standard InChI is InChI=1S/C21H28O4/c1-20-8-7-13(23)9-12(20)3-4-14-15-5-6-16(18(25)11-22)21(15,2)10-17(24)19(14)20/h7-9,14-17,19,22,24H,3-6,10-11H2,1-2H3/t14-,15-,16+,17+,19+,20-,21-/m0/s1. The number of rotatable bonds is 2. The van der Waals surface area contributed by atoms with Crippen LogP contribution in [0.2, 0.25) is 0 Å². The smallest absolute Gasteiger partial charge is 0.178 e. The predicted molar refractivity (Wildman–Crippen MR) is 93.6 cm³/mol. The SMILES string of the molecule is C[C@]12C[C@@H](O)[C@H]3[C@@H](CCC4=CC(=O)C=C[C@@]43C)[C@@H]1CC[C@@H]2C(=O)CO. The minimum absolute atomic E-state index is 0.0514. The molecule has 0 unspecified atom stereocenters. The molecule has 0 amide bonds. The normalized spacial score (nSPS) is 48.4. The van der Waals surface area contributed by atoms with Crippen LogP contribution in [0.5, 0.6) is 0 Å². The highest BCUT2D eigenvalue weighted by Gasteiger charge is 2.62. The molecule has 0 aliphatic heterocycles. The van der Waals surface area contributed by atoms with Crippen molar-refractivity contribution in [2.75, 3.05) is 6.61 Å². The Labute approximate surface area is 149 Å². The third-order valence-electron chi connectivity index (χ3n) is 8.04. The Balaban J connectivity index is 1.71. The summed E-state index contributed by atoms with van der Waals surface area (Å²) in [5, 5.41) is 20.5. The van der Waals surface area contributed by atoms with Crippen LogP contribution in [0.3, 0.4) is 0 Å². The fraction of sp³-hybridized carbons (Fsp3) is 0.714.